The minimum absolute atomic E-state index is 0.229. The molecular weight excluding hydrogens is 520 g/mol. The second-order valence-electron chi connectivity index (χ2n) is 11.5. The van der Waals surface area contributed by atoms with Crippen LogP contribution in [0.5, 0.6) is 0 Å². The summed E-state index contributed by atoms with van der Waals surface area (Å²) in [5.74, 6) is -2.02. The van der Waals surface area contributed by atoms with E-state index in [9.17, 15) is 4.79 Å². The normalized spacial score (nSPS) is 28.1. The van der Waals surface area contributed by atoms with Gasteiger partial charge in [-0.15, -0.1) is 0 Å². The van der Waals surface area contributed by atoms with Gasteiger partial charge in [0.15, 0.2) is 18.0 Å². The number of fused-ring (bicyclic) bond motifs is 1. The predicted molar refractivity (Wildman–Crippen MR) is 152 cm³/mol. The van der Waals surface area contributed by atoms with Crippen molar-refractivity contribution >= 4 is 23.4 Å². The molecule has 0 spiro atoms. The van der Waals surface area contributed by atoms with Gasteiger partial charge < -0.3 is 28.6 Å². The van der Waals surface area contributed by atoms with Crippen LogP contribution in [-0.4, -0.2) is 73.7 Å². The van der Waals surface area contributed by atoms with E-state index in [1.54, 1.807) is 24.3 Å². The van der Waals surface area contributed by atoms with Crippen LogP contribution in [0.2, 0.25) is 5.02 Å². The quantitative estimate of drug-likeness (QED) is 0.235. The smallest absolute Gasteiger partial charge is 0.412 e. The summed E-state index contributed by atoms with van der Waals surface area (Å²) in [5, 5.41) is 3.39. The highest BCUT2D eigenvalue weighted by molar-refractivity contribution is 6.30. The van der Waals surface area contributed by atoms with Crippen molar-refractivity contribution in [3.8, 4) is 0 Å². The van der Waals surface area contributed by atoms with Gasteiger partial charge in [-0.25, -0.2) is 4.79 Å². The molecule has 0 aliphatic carbocycles. The molecule has 220 valence electrons. The number of likely N-dealkylation sites (tertiary alicyclic amines) is 1. The van der Waals surface area contributed by atoms with Gasteiger partial charge in [0.1, 0.15) is 12.7 Å². The fraction of sp³-hybridized carbons (Fsp3) is 0.767. The van der Waals surface area contributed by atoms with E-state index in [0.29, 0.717) is 23.9 Å². The lowest BCUT2D eigenvalue weighted by atomic mass is 10.0. The van der Waals surface area contributed by atoms with Gasteiger partial charge in [-0.2, -0.15) is 0 Å². The van der Waals surface area contributed by atoms with Crippen LogP contribution < -0.4 is 5.32 Å². The second-order valence-corrected chi connectivity index (χ2v) is 12.0. The maximum atomic E-state index is 13.0. The van der Waals surface area contributed by atoms with Crippen molar-refractivity contribution in [2.75, 3.05) is 38.2 Å². The molecule has 0 bridgehead atoms. The second kappa shape index (κ2) is 14.5. The zero-order valence-electron chi connectivity index (χ0n) is 23.9. The topological polar surface area (TPSA) is 78.5 Å². The molecule has 3 saturated heterocycles. The Bertz CT molecular complexity index is 894. The molecule has 4 atom stereocenters. The summed E-state index contributed by atoms with van der Waals surface area (Å²) in [5.41, 5.74) is 0.600. The molecule has 0 radical (unpaired) electrons. The summed E-state index contributed by atoms with van der Waals surface area (Å²) in [6, 6.07) is 6.91. The number of rotatable bonds is 15. The van der Waals surface area contributed by atoms with Gasteiger partial charge >= 0.3 is 6.09 Å². The lowest BCUT2D eigenvalue weighted by Gasteiger charge is -2.30. The van der Waals surface area contributed by atoms with E-state index in [4.69, 9.17) is 35.3 Å². The molecule has 4 rings (SSSR count). The van der Waals surface area contributed by atoms with Gasteiger partial charge in [0, 0.05) is 23.9 Å². The number of halogens is 1. The number of hydrogen-bond donors (Lipinski definition) is 1. The molecule has 1 N–H and O–H groups in total. The first-order chi connectivity index (χ1) is 18.8. The Balaban J connectivity index is 1.36. The van der Waals surface area contributed by atoms with E-state index in [-0.39, 0.29) is 6.61 Å². The highest BCUT2D eigenvalue weighted by Gasteiger charge is 2.66. The number of unbranched alkanes of at least 4 members (excludes halogenated alkanes) is 7. The summed E-state index contributed by atoms with van der Waals surface area (Å²) in [7, 11) is 0. The van der Waals surface area contributed by atoms with Crippen LogP contribution in [0, 0.1) is 0 Å². The van der Waals surface area contributed by atoms with E-state index >= 15 is 0 Å². The number of carbonyl (C=O) groups excluding carboxylic acids is 1. The molecule has 3 aliphatic rings. The molecule has 3 heterocycles. The highest BCUT2D eigenvalue weighted by atomic mass is 35.5. The minimum Gasteiger partial charge on any atom is -0.440 e. The Morgan fingerprint density at radius 3 is 2.38 bits per heavy atom. The van der Waals surface area contributed by atoms with Crippen LogP contribution in [0.3, 0.4) is 0 Å². The lowest BCUT2D eigenvalue weighted by Crippen LogP contribution is -2.46. The third kappa shape index (κ3) is 8.78. The number of benzene rings is 1. The summed E-state index contributed by atoms with van der Waals surface area (Å²) in [6.45, 7) is 9.47. The summed E-state index contributed by atoms with van der Waals surface area (Å²) < 4.78 is 31.4. The number of nitrogens with zero attached hydrogens (tertiary/aromatic N) is 1. The standard InChI is InChI=1S/C30H47ClN2O6/c1-4-5-6-7-8-9-10-13-20-35-22-30-27(38-29(2,3)39-30)26(25(37-30)21-33-18-11-12-19-33)36-28(34)32-24-16-14-23(31)15-17-24/h14-17,25-27H,4-13,18-22H2,1-3H3,(H,32,34). The SMILES string of the molecule is CCCCCCCCCCOCC12OC(CN3CCCC3)C(OC(=O)Nc3ccc(Cl)cc3)C1OC(C)(C)O2. The largest absolute Gasteiger partial charge is 0.440 e. The van der Waals surface area contributed by atoms with Gasteiger partial charge in [-0.3, -0.25) is 5.32 Å². The summed E-state index contributed by atoms with van der Waals surface area (Å²) in [6.07, 6.45) is 10.0. The monoisotopic (exact) mass is 566 g/mol. The molecule has 0 saturated carbocycles. The van der Waals surface area contributed by atoms with E-state index in [1.807, 2.05) is 13.8 Å². The molecule has 9 heteroatoms. The van der Waals surface area contributed by atoms with Gasteiger partial charge in [0.2, 0.25) is 5.79 Å². The number of anilines is 1. The van der Waals surface area contributed by atoms with Crippen LogP contribution in [0.15, 0.2) is 24.3 Å². The molecule has 1 aromatic carbocycles. The molecule has 4 unspecified atom stereocenters. The minimum atomic E-state index is -1.13. The molecule has 0 aromatic heterocycles. The number of ether oxygens (including phenoxy) is 5. The van der Waals surface area contributed by atoms with Crippen LogP contribution in [0.25, 0.3) is 0 Å². The Labute approximate surface area is 239 Å². The van der Waals surface area contributed by atoms with Crippen molar-refractivity contribution in [2.24, 2.45) is 0 Å². The zero-order chi connectivity index (χ0) is 27.7. The van der Waals surface area contributed by atoms with Crippen molar-refractivity contribution in [3.05, 3.63) is 29.3 Å². The maximum Gasteiger partial charge on any atom is 0.412 e. The van der Waals surface area contributed by atoms with Gasteiger partial charge in [0.25, 0.3) is 0 Å². The Morgan fingerprint density at radius 1 is 1.03 bits per heavy atom. The third-order valence-corrected chi connectivity index (χ3v) is 7.95. The zero-order valence-corrected chi connectivity index (χ0v) is 24.7. The summed E-state index contributed by atoms with van der Waals surface area (Å²) >= 11 is 5.98. The molecule has 39 heavy (non-hydrogen) atoms. The van der Waals surface area contributed by atoms with Crippen LogP contribution in [-0.2, 0) is 23.7 Å². The number of nitrogens with one attached hydrogen (secondary N) is 1. The fourth-order valence-electron chi connectivity index (χ4n) is 5.82. The average Bonchev–Trinajstić information content (AvgIpc) is 3.56. The van der Waals surface area contributed by atoms with E-state index in [0.717, 1.165) is 38.8 Å². The van der Waals surface area contributed by atoms with Crippen molar-refractivity contribution in [2.45, 2.75) is 115 Å². The number of amides is 1. The lowest BCUT2D eigenvalue weighted by molar-refractivity contribution is -0.278. The van der Waals surface area contributed by atoms with Crippen molar-refractivity contribution in [1.29, 1.82) is 0 Å². The fourth-order valence-corrected chi connectivity index (χ4v) is 5.95. The van der Waals surface area contributed by atoms with Gasteiger partial charge in [-0.1, -0.05) is 63.5 Å². The van der Waals surface area contributed by atoms with E-state index in [2.05, 4.69) is 17.1 Å². The van der Waals surface area contributed by atoms with E-state index in [1.165, 1.54) is 38.5 Å². The Kier molecular flexibility index (Phi) is 11.3. The van der Waals surface area contributed by atoms with Crippen LogP contribution in [0.4, 0.5) is 10.5 Å². The van der Waals surface area contributed by atoms with Gasteiger partial charge in [0.05, 0.1) is 0 Å². The molecule has 3 aliphatic heterocycles. The average molecular weight is 567 g/mol. The molecule has 1 amide bonds. The van der Waals surface area contributed by atoms with Crippen molar-refractivity contribution in [1.82, 2.24) is 4.90 Å². The molecule has 1 aromatic rings. The number of carbonyl (C=O) groups is 1. The van der Waals surface area contributed by atoms with Crippen LogP contribution in [0.1, 0.15) is 85.0 Å². The Morgan fingerprint density at radius 2 is 1.69 bits per heavy atom. The van der Waals surface area contributed by atoms with Crippen LogP contribution >= 0.6 is 11.6 Å². The number of hydrogen-bond acceptors (Lipinski definition) is 7. The van der Waals surface area contributed by atoms with Gasteiger partial charge in [-0.05, 0) is 70.5 Å². The molecular formula is C30H47ClN2O6. The third-order valence-electron chi connectivity index (χ3n) is 7.69. The van der Waals surface area contributed by atoms with Crippen molar-refractivity contribution in [3.63, 3.8) is 0 Å². The van der Waals surface area contributed by atoms with E-state index < -0.39 is 36.0 Å². The highest BCUT2D eigenvalue weighted by Crippen LogP contribution is 2.47. The van der Waals surface area contributed by atoms with Crippen molar-refractivity contribution < 1.29 is 28.5 Å². The molecule has 8 nitrogen and oxygen atoms in total. The maximum absolute atomic E-state index is 13.0. The Hall–Kier alpha value is -1.42. The first kappa shape index (κ1) is 30.5. The summed E-state index contributed by atoms with van der Waals surface area (Å²) in [4.78, 5) is 15.3. The predicted octanol–water partition coefficient (Wildman–Crippen LogP) is 6.76. The first-order valence-corrected chi connectivity index (χ1v) is 15.3. The molecule has 3 fully saturated rings. The first-order valence-electron chi connectivity index (χ1n) is 14.9.